The highest BCUT2D eigenvalue weighted by atomic mass is 35.5. The normalized spacial score (nSPS) is 15.2. The van der Waals surface area contributed by atoms with E-state index >= 15 is 0 Å². The first-order valence-corrected chi connectivity index (χ1v) is 8.95. The molecule has 134 valence electrons. The minimum absolute atomic E-state index is 0.0944. The van der Waals surface area contributed by atoms with Gasteiger partial charge in [0.1, 0.15) is 41.4 Å². The maximum atomic E-state index is 10.1. The molecule has 0 amide bonds. The van der Waals surface area contributed by atoms with Crippen molar-refractivity contribution in [1.29, 1.82) is 0 Å². The summed E-state index contributed by atoms with van der Waals surface area (Å²) in [7, 11) is 0. The lowest BCUT2D eigenvalue weighted by atomic mass is 10.3. The molecular formula is C17H20Cl2N4O2. The second-order valence-electron chi connectivity index (χ2n) is 5.85. The number of hydrogen-bond donors (Lipinski definition) is 2. The van der Waals surface area contributed by atoms with E-state index in [0.717, 1.165) is 18.9 Å². The molecule has 25 heavy (non-hydrogen) atoms. The van der Waals surface area contributed by atoms with Crippen LogP contribution in [0.2, 0.25) is 10.0 Å². The highest BCUT2D eigenvalue weighted by Gasteiger charge is 2.14. The number of aliphatic hydroxyl groups excluding tert-OH is 1. The zero-order valence-electron chi connectivity index (χ0n) is 13.7. The monoisotopic (exact) mass is 382 g/mol. The Morgan fingerprint density at radius 2 is 2.04 bits per heavy atom. The Hall–Kier alpha value is -1.76. The van der Waals surface area contributed by atoms with E-state index in [4.69, 9.17) is 27.9 Å². The van der Waals surface area contributed by atoms with E-state index in [1.54, 1.807) is 18.2 Å². The summed E-state index contributed by atoms with van der Waals surface area (Å²) in [4.78, 5) is 10.7. The van der Waals surface area contributed by atoms with E-state index in [1.165, 1.54) is 19.2 Å². The van der Waals surface area contributed by atoms with Crippen molar-refractivity contribution >= 4 is 34.8 Å². The molecule has 1 aromatic carbocycles. The molecule has 2 heterocycles. The van der Waals surface area contributed by atoms with Gasteiger partial charge in [-0.1, -0.05) is 29.3 Å². The molecule has 1 aromatic heterocycles. The molecule has 0 aliphatic carbocycles. The Kier molecular flexibility index (Phi) is 6.18. The third kappa shape index (κ3) is 4.87. The molecule has 6 nitrogen and oxygen atoms in total. The summed E-state index contributed by atoms with van der Waals surface area (Å²) in [5, 5.41) is 14.0. The number of anilines is 2. The molecule has 1 aliphatic heterocycles. The summed E-state index contributed by atoms with van der Waals surface area (Å²) in [6.07, 6.45) is 3.19. The Morgan fingerprint density at radius 1 is 1.24 bits per heavy atom. The summed E-state index contributed by atoms with van der Waals surface area (Å²) in [5.41, 5.74) is 0. The van der Waals surface area contributed by atoms with Crippen molar-refractivity contribution in [2.24, 2.45) is 0 Å². The summed E-state index contributed by atoms with van der Waals surface area (Å²) >= 11 is 12.0. The van der Waals surface area contributed by atoms with Crippen LogP contribution in [0.1, 0.15) is 12.8 Å². The Morgan fingerprint density at radius 3 is 2.84 bits per heavy atom. The first kappa shape index (κ1) is 18.0. The van der Waals surface area contributed by atoms with Crippen molar-refractivity contribution in [3.63, 3.8) is 0 Å². The topological polar surface area (TPSA) is 70.5 Å². The number of aliphatic hydroxyl groups is 1. The maximum absolute atomic E-state index is 10.1. The molecule has 0 bridgehead atoms. The SMILES string of the molecule is OC(CNc1cc(N2CCCC2)ncn1)COc1cccc(Cl)c1Cl. The van der Waals surface area contributed by atoms with Crippen LogP contribution in [0.15, 0.2) is 30.6 Å². The first-order valence-electron chi connectivity index (χ1n) is 8.19. The highest BCUT2D eigenvalue weighted by molar-refractivity contribution is 6.42. The van der Waals surface area contributed by atoms with Gasteiger partial charge in [0.05, 0.1) is 5.02 Å². The summed E-state index contributed by atoms with van der Waals surface area (Å²) in [6, 6.07) is 7.03. The van der Waals surface area contributed by atoms with Crippen LogP contribution < -0.4 is 15.0 Å². The Labute approximate surface area is 156 Å². The van der Waals surface area contributed by atoms with Crippen molar-refractivity contribution in [1.82, 2.24) is 9.97 Å². The van der Waals surface area contributed by atoms with Gasteiger partial charge in [-0.05, 0) is 25.0 Å². The van der Waals surface area contributed by atoms with Gasteiger partial charge in [-0.15, -0.1) is 0 Å². The van der Waals surface area contributed by atoms with Gasteiger partial charge >= 0.3 is 0 Å². The number of ether oxygens (including phenoxy) is 1. The average molecular weight is 383 g/mol. The van der Waals surface area contributed by atoms with Crippen molar-refractivity contribution in [2.75, 3.05) is 36.5 Å². The van der Waals surface area contributed by atoms with E-state index in [2.05, 4.69) is 20.2 Å². The molecule has 1 unspecified atom stereocenters. The molecule has 2 aromatic rings. The van der Waals surface area contributed by atoms with Gasteiger partial charge in [-0.2, -0.15) is 0 Å². The number of nitrogens with one attached hydrogen (secondary N) is 1. The number of nitrogens with zero attached hydrogens (tertiary/aromatic N) is 3. The second kappa shape index (κ2) is 8.56. The Bertz CT molecular complexity index is 711. The van der Waals surface area contributed by atoms with Crippen molar-refractivity contribution < 1.29 is 9.84 Å². The van der Waals surface area contributed by atoms with Crippen LogP contribution in [0.5, 0.6) is 5.75 Å². The zero-order chi connectivity index (χ0) is 17.6. The minimum Gasteiger partial charge on any atom is -0.489 e. The number of hydrogen-bond acceptors (Lipinski definition) is 6. The first-order chi connectivity index (χ1) is 12.1. The number of halogens is 2. The average Bonchev–Trinajstić information content (AvgIpc) is 3.16. The van der Waals surface area contributed by atoms with E-state index in [9.17, 15) is 5.11 Å². The van der Waals surface area contributed by atoms with Crippen LogP contribution in [0.4, 0.5) is 11.6 Å². The minimum atomic E-state index is -0.722. The molecule has 3 rings (SSSR count). The van der Waals surface area contributed by atoms with E-state index in [1.807, 2.05) is 6.07 Å². The molecular weight excluding hydrogens is 363 g/mol. The quantitative estimate of drug-likeness (QED) is 0.765. The lowest BCUT2D eigenvalue weighted by Gasteiger charge is -2.18. The van der Waals surface area contributed by atoms with Crippen LogP contribution in [-0.4, -0.2) is 47.4 Å². The molecule has 1 saturated heterocycles. The third-order valence-electron chi connectivity index (χ3n) is 3.95. The van der Waals surface area contributed by atoms with Crippen LogP contribution in [0, 0.1) is 0 Å². The van der Waals surface area contributed by atoms with E-state index < -0.39 is 6.10 Å². The fourth-order valence-electron chi connectivity index (χ4n) is 2.63. The van der Waals surface area contributed by atoms with Gasteiger partial charge in [-0.25, -0.2) is 9.97 Å². The molecule has 0 spiro atoms. The van der Waals surface area contributed by atoms with Gasteiger partial charge in [-0.3, -0.25) is 0 Å². The third-order valence-corrected chi connectivity index (χ3v) is 4.75. The largest absolute Gasteiger partial charge is 0.489 e. The van der Waals surface area contributed by atoms with Gasteiger partial charge in [0.15, 0.2) is 0 Å². The standard InChI is InChI=1S/C17H20Cl2N4O2/c18-13-4-3-5-14(17(13)19)25-10-12(24)9-20-15-8-16(22-11-21-15)23-6-1-2-7-23/h3-5,8,11-12,24H,1-2,6-7,9-10H2,(H,20,21,22). The second-order valence-corrected chi connectivity index (χ2v) is 6.64. The van der Waals surface area contributed by atoms with Crippen LogP contribution in [0.25, 0.3) is 0 Å². The van der Waals surface area contributed by atoms with E-state index in [-0.39, 0.29) is 6.61 Å². The van der Waals surface area contributed by atoms with Gasteiger partial charge in [0, 0.05) is 25.7 Å². The predicted molar refractivity (Wildman–Crippen MR) is 99.9 cm³/mol. The van der Waals surface area contributed by atoms with Crippen molar-refractivity contribution in [3.8, 4) is 5.75 Å². The maximum Gasteiger partial charge on any atom is 0.139 e. The molecule has 1 fully saturated rings. The van der Waals surface area contributed by atoms with E-state index in [0.29, 0.717) is 28.2 Å². The molecule has 1 atom stereocenters. The van der Waals surface area contributed by atoms with Gasteiger partial charge in [0.25, 0.3) is 0 Å². The van der Waals surface area contributed by atoms with Crippen LogP contribution in [-0.2, 0) is 0 Å². The van der Waals surface area contributed by atoms with Crippen LogP contribution in [0.3, 0.4) is 0 Å². The predicted octanol–water partition coefficient (Wildman–Crippen LogP) is 3.24. The van der Waals surface area contributed by atoms with Crippen molar-refractivity contribution in [2.45, 2.75) is 18.9 Å². The smallest absolute Gasteiger partial charge is 0.139 e. The number of benzene rings is 1. The molecule has 1 aliphatic rings. The lowest BCUT2D eigenvalue weighted by Crippen LogP contribution is -2.27. The van der Waals surface area contributed by atoms with Gasteiger partial charge < -0.3 is 20.1 Å². The van der Waals surface area contributed by atoms with Gasteiger partial charge in [0.2, 0.25) is 0 Å². The summed E-state index contributed by atoms with van der Waals surface area (Å²) in [5.74, 6) is 2.04. The number of aromatic nitrogens is 2. The highest BCUT2D eigenvalue weighted by Crippen LogP contribution is 2.31. The lowest BCUT2D eigenvalue weighted by molar-refractivity contribution is 0.117. The van der Waals surface area contributed by atoms with Crippen LogP contribution >= 0.6 is 23.2 Å². The molecule has 0 saturated carbocycles. The Balaban J connectivity index is 1.49. The summed E-state index contributed by atoms with van der Waals surface area (Å²) < 4.78 is 5.53. The molecule has 2 N–H and O–H groups in total. The summed E-state index contributed by atoms with van der Waals surface area (Å²) in [6.45, 7) is 2.44. The molecule has 0 radical (unpaired) electrons. The van der Waals surface area contributed by atoms with Crippen molar-refractivity contribution in [3.05, 3.63) is 40.6 Å². The molecule has 8 heteroatoms. The fourth-order valence-corrected chi connectivity index (χ4v) is 2.97. The number of rotatable bonds is 7. The fraction of sp³-hybridized carbons (Fsp3) is 0.412. The zero-order valence-corrected chi connectivity index (χ0v) is 15.2.